The molecule has 3 amide bonds. The predicted molar refractivity (Wildman–Crippen MR) is 112 cm³/mol. The molecule has 0 radical (unpaired) electrons. The fourth-order valence-corrected chi connectivity index (χ4v) is 3.90. The first-order valence-electron chi connectivity index (χ1n) is 10.2. The highest BCUT2D eigenvalue weighted by molar-refractivity contribution is 5.99. The van der Waals surface area contributed by atoms with Crippen LogP contribution in [0.15, 0.2) is 60.7 Å². The van der Waals surface area contributed by atoms with Crippen molar-refractivity contribution in [2.75, 3.05) is 13.2 Å². The quantitative estimate of drug-likeness (QED) is 0.505. The Morgan fingerprint density at radius 1 is 1.03 bits per heavy atom. The lowest BCUT2D eigenvalue weighted by Gasteiger charge is -2.43. The van der Waals surface area contributed by atoms with Crippen LogP contribution in [0, 0.1) is 0 Å². The minimum absolute atomic E-state index is 0.0333. The van der Waals surface area contributed by atoms with Gasteiger partial charge in [-0.25, -0.2) is 4.79 Å². The minimum atomic E-state index is -1.14. The molecule has 2 saturated heterocycles. The second-order valence-electron chi connectivity index (χ2n) is 7.60. The fourth-order valence-electron chi connectivity index (χ4n) is 3.90. The number of hydrogen-bond acceptors (Lipinski definition) is 6. The highest BCUT2D eigenvalue weighted by atomic mass is 16.5. The summed E-state index contributed by atoms with van der Waals surface area (Å²) in [5, 5.41) is 2.64. The van der Waals surface area contributed by atoms with E-state index >= 15 is 0 Å². The zero-order valence-electron chi connectivity index (χ0n) is 17.5. The number of fused-ring (bicyclic) bond motifs is 1. The zero-order chi connectivity index (χ0) is 22.7. The van der Waals surface area contributed by atoms with Crippen molar-refractivity contribution >= 4 is 23.7 Å². The van der Waals surface area contributed by atoms with E-state index in [0.29, 0.717) is 5.75 Å². The zero-order valence-corrected chi connectivity index (χ0v) is 17.5. The van der Waals surface area contributed by atoms with Crippen LogP contribution in [0.4, 0.5) is 0 Å². The second-order valence-corrected chi connectivity index (χ2v) is 7.60. The van der Waals surface area contributed by atoms with E-state index in [0.717, 1.165) is 5.56 Å². The van der Waals surface area contributed by atoms with E-state index in [2.05, 4.69) is 5.32 Å². The number of carbonyl (C=O) groups is 4. The van der Waals surface area contributed by atoms with Crippen molar-refractivity contribution < 1.29 is 28.7 Å². The Bertz CT molecular complexity index is 1010. The Balaban J connectivity index is 1.37. The van der Waals surface area contributed by atoms with Crippen molar-refractivity contribution in [2.24, 2.45) is 0 Å². The average Bonchev–Trinajstić information content (AvgIpc) is 3.18. The van der Waals surface area contributed by atoms with Crippen LogP contribution >= 0.6 is 0 Å². The monoisotopic (exact) mass is 437 g/mol. The number of nitrogens with one attached hydrogen (secondary N) is 1. The maximum atomic E-state index is 12.7. The molecule has 0 bridgehead atoms. The van der Waals surface area contributed by atoms with Crippen LogP contribution in [-0.2, 0) is 30.5 Å². The summed E-state index contributed by atoms with van der Waals surface area (Å²) in [4.78, 5) is 52.5. The summed E-state index contributed by atoms with van der Waals surface area (Å²) in [6.07, 6.45) is -1.14. The van der Waals surface area contributed by atoms with Gasteiger partial charge < -0.3 is 24.6 Å². The Kier molecular flexibility index (Phi) is 6.07. The van der Waals surface area contributed by atoms with Crippen LogP contribution in [0.5, 0.6) is 5.75 Å². The van der Waals surface area contributed by atoms with Crippen LogP contribution in [0.1, 0.15) is 12.5 Å². The second kappa shape index (κ2) is 9.09. The van der Waals surface area contributed by atoms with E-state index < -0.39 is 36.0 Å². The van der Waals surface area contributed by atoms with Gasteiger partial charge >= 0.3 is 5.97 Å². The Labute approximate surface area is 184 Å². The number of benzene rings is 2. The Morgan fingerprint density at radius 2 is 1.69 bits per heavy atom. The summed E-state index contributed by atoms with van der Waals surface area (Å²) in [5.41, 5.74) is 0.795. The Hall–Kier alpha value is -3.88. The van der Waals surface area contributed by atoms with Gasteiger partial charge in [-0.05, 0) is 17.7 Å². The van der Waals surface area contributed by atoms with E-state index in [-0.39, 0.29) is 25.7 Å². The molecule has 4 rings (SSSR count). The molecule has 2 heterocycles. The highest BCUT2D eigenvalue weighted by Gasteiger charge is 2.60. The van der Waals surface area contributed by atoms with Gasteiger partial charge in [-0.1, -0.05) is 48.5 Å². The molecule has 0 spiro atoms. The molecule has 0 aliphatic carbocycles. The molecular formula is C23H23N3O6. The van der Waals surface area contributed by atoms with E-state index in [4.69, 9.17) is 9.47 Å². The first-order chi connectivity index (χ1) is 15.5. The largest absolute Gasteiger partial charge is 0.484 e. The lowest BCUT2D eigenvalue weighted by atomic mass is 9.96. The van der Waals surface area contributed by atoms with Gasteiger partial charge in [0.2, 0.25) is 18.0 Å². The van der Waals surface area contributed by atoms with E-state index in [1.165, 1.54) is 16.7 Å². The van der Waals surface area contributed by atoms with Gasteiger partial charge in [-0.2, -0.15) is 0 Å². The molecule has 9 heteroatoms. The molecule has 9 nitrogen and oxygen atoms in total. The number of esters is 1. The van der Waals surface area contributed by atoms with Gasteiger partial charge in [0.15, 0.2) is 6.61 Å². The molecular weight excluding hydrogens is 414 g/mol. The molecule has 2 aromatic rings. The molecule has 2 fully saturated rings. The average molecular weight is 437 g/mol. The molecule has 2 aliphatic rings. The molecule has 2 aromatic carbocycles. The third-order valence-electron chi connectivity index (χ3n) is 5.47. The third-order valence-corrected chi connectivity index (χ3v) is 5.47. The van der Waals surface area contributed by atoms with Crippen LogP contribution in [0.2, 0.25) is 0 Å². The van der Waals surface area contributed by atoms with Gasteiger partial charge in [0, 0.05) is 13.5 Å². The summed E-state index contributed by atoms with van der Waals surface area (Å²) in [6.45, 7) is 1.25. The summed E-state index contributed by atoms with van der Waals surface area (Å²) < 4.78 is 10.8. The number of amides is 3. The van der Waals surface area contributed by atoms with Crippen LogP contribution < -0.4 is 10.1 Å². The van der Waals surface area contributed by atoms with Crippen molar-refractivity contribution in [3.8, 4) is 5.75 Å². The number of ether oxygens (including phenoxy) is 2. The summed E-state index contributed by atoms with van der Waals surface area (Å²) >= 11 is 0. The molecule has 1 N–H and O–H groups in total. The first kappa shape index (κ1) is 21.4. The summed E-state index contributed by atoms with van der Waals surface area (Å²) in [7, 11) is 0. The van der Waals surface area contributed by atoms with Crippen molar-refractivity contribution in [3.63, 3.8) is 0 Å². The van der Waals surface area contributed by atoms with E-state index in [1.807, 2.05) is 36.4 Å². The lowest BCUT2D eigenvalue weighted by molar-refractivity contribution is -0.170. The van der Waals surface area contributed by atoms with Gasteiger partial charge in [-0.3, -0.25) is 14.4 Å². The van der Waals surface area contributed by atoms with Crippen molar-refractivity contribution in [1.29, 1.82) is 0 Å². The standard InChI is InChI=1S/C23H23N3O6/c1-15(27)25-12-18-20(24-19(28)14-31-17-10-6-3-7-11-17)22(29)26(18)21(25)23(30)32-13-16-8-4-2-5-9-16/h2-11,18,20-21H,12-14H2,1H3,(H,24,28)/t18?,20-,21?/m0/s1. The summed E-state index contributed by atoms with van der Waals surface area (Å²) in [6, 6.07) is 16.6. The van der Waals surface area contributed by atoms with Crippen molar-refractivity contribution in [1.82, 2.24) is 15.1 Å². The van der Waals surface area contributed by atoms with Gasteiger partial charge in [0.25, 0.3) is 5.91 Å². The normalized spacial score (nSPS) is 21.4. The SMILES string of the molecule is CC(=O)N1CC2[C@H](NC(=O)COc3ccccc3)C(=O)N2C1C(=O)OCc1ccccc1. The number of hydrogen-bond donors (Lipinski definition) is 1. The number of para-hydroxylation sites is 1. The van der Waals surface area contributed by atoms with Gasteiger partial charge in [0.1, 0.15) is 18.4 Å². The van der Waals surface area contributed by atoms with Crippen LogP contribution in [0.25, 0.3) is 0 Å². The summed E-state index contributed by atoms with van der Waals surface area (Å²) in [5.74, 6) is -1.40. The minimum Gasteiger partial charge on any atom is -0.484 e. The lowest BCUT2D eigenvalue weighted by Crippen LogP contribution is -2.71. The molecule has 0 aromatic heterocycles. The first-order valence-corrected chi connectivity index (χ1v) is 10.2. The highest BCUT2D eigenvalue weighted by Crippen LogP contribution is 2.33. The van der Waals surface area contributed by atoms with E-state index in [9.17, 15) is 19.2 Å². The van der Waals surface area contributed by atoms with Crippen LogP contribution in [0.3, 0.4) is 0 Å². The molecule has 166 valence electrons. The van der Waals surface area contributed by atoms with Gasteiger partial charge in [0.05, 0.1) is 6.04 Å². The smallest absolute Gasteiger partial charge is 0.350 e. The molecule has 2 aliphatic heterocycles. The fraction of sp³-hybridized carbons (Fsp3) is 0.304. The third kappa shape index (κ3) is 4.27. The molecule has 3 atom stereocenters. The Morgan fingerprint density at radius 3 is 2.34 bits per heavy atom. The topological polar surface area (TPSA) is 105 Å². The maximum absolute atomic E-state index is 12.7. The van der Waals surface area contributed by atoms with Crippen molar-refractivity contribution in [2.45, 2.75) is 31.8 Å². The van der Waals surface area contributed by atoms with E-state index in [1.54, 1.807) is 24.3 Å². The number of carbonyl (C=O) groups excluding carboxylic acids is 4. The van der Waals surface area contributed by atoms with Gasteiger partial charge in [-0.15, -0.1) is 0 Å². The molecule has 32 heavy (non-hydrogen) atoms. The molecule has 0 saturated carbocycles. The number of β-lactam (4-membered cyclic amide) rings is 1. The molecule has 2 unspecified atom stereocenters. The number of rotatable bonds is 7. The van der Waals surface area contributed by atoms with Crippen molar-refractivity contribution in [3.05, 3.63) is 66.2 Å². The predicted octanol–water partition coefficient (Wildman–Crippen LogP) is 0.693. The van der Waals surface area contributed by atoms with Crippen LogP contribution in [-0.4, -0.2) is 64.9 Å². The number of nitrogens with zero attached hydrogens (tertiary/aromatic N) is 2. The maximum Gasteiger partial charge on any atom is 0.350 e.